The van der Waals surface area contributed by atoms with Gasteiger partial charge in [0.25, 0.3) is 0 Å². The first kappa shape index (κ1) is 34.1. The molecular formula is C60H56N3OPt-. The molecule has 4 nitrogen and oxygen atoms in total. The second-order valence-corrected chi connectivity index (χ2v) is 18.0. The summed E-state index contributed by atoms with van der Waals surface area (Å²) >= 11 is 0. The van der Waals surface area contributed by atoms with Gasteiger partial charge in [0.05, 0.1) is 27.8 Å². The van der Waals surface area contributed by atoms with Crippen LogP contribution in [0.15, 0.2) is 158 Å². The minimum absolute atomic E-state index is 0. The van der Waals surface area contributed by atoms with E-state index in [0.717, 1.165) is 27.8 Å². The number of hydrogen-bond acceptors (Lipinski definition) is 3. The predicted octanol–water partition coefficient (Wildman–Crippen LogP) is 16.1. The molecule has 0 fully saturated rings. The molecule has 2 aromatic heterocycles. The maximum absolute atomic E-state index is 12.5. The third-order valence-electron chi connectivity index (χ3n) is 11.9. The maximum atomic E-state index is 12.5. The monoisotopic (exact) mass is 1040 g/mol. The topological polar surface area (TPSA) is 50.9 Å². The van der Waals surface area contributed by atoms with E-state index in [2.05, 4.69) is 52.8 Å². The van der Waals surface area contributed by atoms with E-state index in [1.165, 1.54) is 6.20 Å². The zero-order valence-corrected chi connectivity index (χ0v) is 39.7. The summed E-state index contributed by atoms with van der Waals surface area (Å²) in [6.45, 7) is 9.27. The molecule has 0 saturated carbocycles. The van der Waals surface area contributed by atoms with Crippen molar-refractivity contribution in [1.82, 2.24) is 14.5 Å². The van der Waals surface area contributed by atoms with Crippen LogP contribution in [0.25, 0.3) is 83.9 Å². The van der Waals surface area contributed by atoms with Crippen LogP contribution in [0.4, 0.5) is 0 Å². The van der Waals surface area contributed by atoms with Crippen molar-refractivity contribution in [2.75, 3.05) is 0 Å². The Labute approximate surface area is 413 Å². The van der Waals surface area contributed by atoms with Crippen molar-refractivity contribution >= 4 is 11.0 Å². The standard InChI is InChI=1S/C60H56N3O.Pt/c1-37(2)45-33-50(38(3)4)58(64)53(34-45)59-62-57-49(46-30-47(32-48(31-46)60(7,8)9)54-35-44(27-28-61-54)41-25-23-39(5)24-26-41)21-16-22-55(57)63(59)56-36-51(42-17-12-10-13-18-42)40(6)29-52(56)43-19-14-11-15-20-43;/h10-29,31-38,64H,1-9H3;/q-1;/i5D3,6D3,23D,24D,25D,26D;. The van der Waals surface area contributed by atoms with Gasteiger partial charge < -0.3 is 5.11 Å². The number of aromatic hydroxyl groups is 1. The molecule has 5 heteroatoms. The summed E-state index contributed by atoms with van der Waals surface area (Å²) in [5.41, 5.74) is 9.61. The number of aryl methyl sites for hydroxylation is 1. The van der Waals surface area contributed by atoms with E-state index in [9.17, 15) is 5.11 Å². The molecule has 1 N–H and O–H groups in total. The number of phenolic OH excluding ortho intramolecular Hbond substituents is 1. The Morgan fingerprint density at radius 2 is 1.34 bits per heavy atom. The second-order valence-electron chi connectivity index (χ2n) is 18.0. The molecule has 0 radical (unpaired) electrons. The molecule has 0 bridgehead atoms. The molecule has 0 atom stereocenters. The van der Waals surface area contributed by atoms with Crippen LogP contribution in [0, 0.1) is 19.8 Å². The average Bonchev–Trinajstić information content (AvgIpc) is 3.74. The van der Waals surface area contributed by atoms with Gasteiger partial charge in [-0.05, 0) is 106 Å². The van der Waals surface area contributed by atoms with E-state index in [-0.39, 0.29) is 49.8 Å². The van der Waals surface area contributed by atoms with Crippen molar-refractivity contribution in [3.05, 3.63) is 192 Å². The summed E-state index contributed by atoms with van der Waals surface area (Å²) in [5.74, 6) is 0.593. The van der Waals surface area contributed by atoms with E-state index in [0.29, 0.717) is 67.2 Å². The first-order chi connectivity index (χ1) is 34.8. The van der Waals surface area contributed by atoms with Gasteiger partial charge in [0.1, 0.15) is 11.6 Å². The average molecular weight is 1040 g/mol. The quantitative estimate of drug-likeness (QED) is 0.147. The largest absolute Gasteiger partial charge is 0.507 e. The van der Waals surface area contributed by atoms with Crippen LogP contribution in [-0.2, 0) is 26.5 Å². The van der Waals surface area contributed by atoms with Gasteiger partial charge in [-0.25, -0.2) is 4.98 Å². The van der Waals surface area contributed by atoms with Crippen molar-refractivity contribution in [3.8, 4) is 78.6 Å². The van der Waals surface area contributed by atoms with E-state index in [1.807, 2.05) is 115 Å². The minimum Gasteiger partial charge on any atom is -0.507 e. The molecule has 2 heterocycles. The molecular weight excluding hydrogens is 974 g/mol. The summed E-state index contributed by atoms with van der Waals surface area (Å²) < 4.78 is 87.3. The Balaban J connectivity index is 0.00000747. The number of para-hydroxylation sites is 1. The fourth-order valence-electron chi connectivity index (χ4n) is 8.32. The van der Waals surface area contributed by atoms with E-state index >= 15 is 0 Å². The smallest absolute Gasteiger partial charge is 0.148 e. The SMILES string of the molecule is [2H]c1c([2H])c(C([2H])([2H])[2H])c([2H])c([2H])c1-c1ccnc(-c2[c-]c(-c3cccc4c3nc(-c3cc(C(C)C)cc(C(C)C)c3O)n4-c3cc(-c4ccccc4)c(C([2H])([2H])[2H])cc3-c3ccccc3)cc(C(C)(C)C)c2)c1.[Pt]. The van der Waals surface area contributed by atoms with Gasteiger partial charge in [0.15, 0.2) is 0 Å². The molecule has 0 aliphatic carbocycles. The number of nitrogens with zero attached hydrogens (tertiary/aromatic N) is 3. The first-order valence-corrected chi connectivity index (χ1v) is 21.7. The fraction of sp³-hybridized carbons (Fsp3) is 0.200. The number of phenols is 1. The number of pyridine rings is 1. The van der Waals surface area contributed by atoms with E-state index in [4.69, 9.17) is 23.7 Å². The van der Waals surface area contributed by atoms with Crippen LogP contribution in [0.3, 0.4) is 0 Å². The molecule has 65 heavy (non-hydrogen) atoms. The van der Waals surface area contributed by atoms with Crippen LogP contribution in [0.5, 0.6) is 5.75 Å². The molecule has 328 valence electrons. The van der Waals surface area contributed by atoms with Crippen LogP contribution < -0.4 is 0 Å². The van der Waals surface area contributed by atoms with Gasteiger partial charge in [-0.1, -0.05) is 174 Å². The maximum Gasteiger partial charge on any atom is 0.148 e. The number of rotatable bonds is 9. The molecule has 0 spiro atoms. The van der Waals surface area contributed by atoms with Gasteiger partial charge in [0, 0.05) is 46.7 Å². The van der Waals surface area contributed by atoms with Crippen molar-refractivity contribution in [2.45, 2.75) is 79.4 Å². The number of imidazole rings is 1. The Morgan fingerprint density at radius 3 is 1.98 bits per heavy atom. The molecule has 0 aliphatic heterocycles. The Bertz CT molecular complexity index is 3610. The third kappa shape index (κ3) is 8.90. The summed E-state index contributed by atoms with van der Waals surface area (Å²) in [7, 11) is 0. The molecule has 0 aliphatic rings. The predicted molar refractivity (Wildman–Crippen MR) is 268 cm³/mol. The van der Waals surface area contributed by atoms with Crippen molar-refractivity contribution in [2.24, 2.45) is 0 Å². The van der Waals surface area contributed by atoms with Gasteiger partial charge in [-0.15, -0.1) is 29.3 Å². The number of fused-ring (bicyclic) bond motifs is 1. The van der Waals surface area contributed by atoms with Gasteiger partial charge >= 0.3 is 0 Å². The van der Waals surface area contributed by atoms with Crippen molar-refractivity contribution in [3.63, 3.8) is 0 Å². The van der Waals surface area contributed by atoms with E-state index < -0.39 is 48.9 Å². The summed E-state index contributed by atoms with van der Waals surface area (Å²) in [6, 6.07) is 41.6. The van der Waals surface area contributed by atoms with Crippen molar-refractivity contribution in [1.29, 1.82) is 0 Å². The number of aromatic nitrogens is 3. The zero-order chi connectivity index (χ0) is 53.3. The van der Waals surface area contributed by atoms with Crippen LogP contribution in [-0.4, -0.2) is 19.6 Å². The van der Waals surface area contributed by atoms with Crippen LogP contribution >= 0.6 is 0 Å². The Hall–Kier alpha value is -6.35. The van der Waals surface area contributed by atoms with Gasteiger partial charge in [-0.2, -0.15) is 0 Å². The summed E-state index contributed by atoms with van der Waals surface area (Å²) in [5, 5.41) is 12.5. The molecule has 7 aromatic carbocycles. The van der Waals surface area contributed by atoms with E-state index in [1.54, 1.807) is 18.2 Å². The Morgan fingerprint density at radius 1 is 0.646 bits per heavy atom. The summed E-state index contributed by atoms with van der Waals surface area (Å²) in [6.07, 6.45) is 1.52. The Kier molecular flexibility index (Phi) is 9.57. The molecule has 0 unspecified atom stereocenters. The number of benzene rings is 7. The second kappa shape index (κ2) is 18.3. The summed E-state index contributed by atoms with van der Waals surface area (Å²) in [4.78, 5) is 10.3. The van der Waals surface area contributed by atoms with Gasteiger partial charge in [-0.3, -0.25) is 9.55 Å². The molecule has 0 amide bonds. The number of hydrogen-bond donors (Lipinski definition) is 1. The van der Waals surface area contributed by atoms with Gasteiger partial charge in [0.2, 0.25) is 0 Å². The third-order valence-corrected chi connectivity index (χ3v) is 11.9. The zero-order valence-electron chi connectivity index (χ0n) is 47.5. The fourth-order valence-corrected chi connectivity index (χ4v) is 8.32. The van der Waals surface area contributed by atoms with Crippen LogP contribution in [0.1, 0.15) is 102 Å². The molecule has 0 saturated heterocycles. The first-order valence-electron chi connectivity index (χ1n) is 26.7. The normalized spacial score (nSPS) is 14.3. The molecule has 9 aromatic rings. The van der Waals surface area contributed by atoms with Crippen LogP contribution in [0.2, 0.25) is 0 Å². The van der Waals surface area contributed by atoms with Crippen molar-refractivity contribution < 1.29 is 39.9 Å². The minimum atomic E-state index is -2.85. The molecule has 9 rings (SSSR count).